The van der Waals surface area contributed by atoms with Crippen LogP contribution in [0.4, 0.5) is 18.9 Å². The van der Waals surface area contributed by atoms with Crippen LogP contribution in [0.5, 0.6) is 0 Å². The molecule has 1 saturated heterocycles. The first-order valence-electron chi connectivity index (χ1n) is 6.53. The molecule has 0 spiro atoms. The molecule has 0 aromatic heterocycles. The van der Waals surface area contributed by atoms with Gasteiger partial charge in [-0.15, -0.1) is 0 Å². The van der Waals surface area contributed by atoms with Crippen LogP contribution in [-0.2, 0) is 15.8 Å². The lowest BCUT2D eigenvalue weighted by Crippen LogP contribution is -2.58. The molecule has 0 radical (unpaired) electrons. The van der Waals surface area contributed by atoms with Gasteiger partial charge in [-0.05, 0) is 31.0 Å². The number of hydrogen-bond acceptors (Lipinski definition) is 2. The van der Waals surface area contributed by atoms with Gasteiger partial charge in [-0.2, -0.15) is 13.2 Å². The summed E-state index contributed by atoms with van der Waals surface area (Å²) in [7, 11) is 0. The van der Waals surface area contributed by atoms with E-state index >= 15 is 0 Å². The van der Waals surface area contributed by atoms with Crippen molar-refractivity contribution in [3.63, 3.8) is 0 Å². The maximum Gasteiger partial charge on any atom is 0.416 e. The first-order valence-corrected chi connectivity index (χ1v) is 6.53. The number of carbonyl (C=O) groups excluding carboxylic acids is 2. The Balaban J connectivity index is 2.49. The molecule has 2 rings (SSSR count). The number of rotatable bonds is 2. The molecule has 0 aliphatic carbocycles. The highest BCUT2D eigenvalue weighted by Gasteiger charge is 2.37. The van der Waals surface area contributed by atoms with Crippen molar-refractivity contribution < 1.29 is 22.8 Å². The van der Waals surface area contributed by atoms with Crippen LogP contribution in [0.1, 0.15) is 24.5 Å². The van der Waals surface area contributed by atoms with Gasteiger partial charge in [0.2, 0.25) is 11.8 Å². The van der Waals surface area contributed by atoms with Gasteiger partial charge in [-0.25, -0.2) is 0 Å². The lowest BCUT2D eigenvalue weighted by atomic mass is 10.0. The summed E-state index contributed by atoms with van der Waals surface area (Å²) in [5, 5.41) is 2.44. The first-order chi connectivity index (χ1) is 9.75. The minimum absolute atomic E-state index is 0.0770. The fraction of sp³-hybridized carbons (Fsp3) is 0.429. The molecule has 2 amide bonds. The van der Waals surface area contributed by atoms with Crippen LogP contribution in [0.2, 0.25) is 0 Å². The summed E-state index contributed by atoms with van der Waals surface area (Å²) in [6.07, 6.45) is -4.17. The zero-order valence-electron chi connectivity index (χ0n) is 11.6. The van der Waals surface area contributed by atoms with E-state index in [-0.39, 0.29) is 23.7 Å². The molecule has 1 aliphatic rings. The number of hydrogen-bond donors (Lipinski definition) is 1. The fourth-order valence-corrected chi connectivity index (χ4v) is 2.41. The number of piperazine rings is 1. The van der Waals surface area contributed by atoms with Crippen LogP contribution >= 0.6 is 0 Å². The van der Waals surface area contributed by atoms with Gasteiger partial charge in [-0.1, -0.05) is 13.0 Å². The van der Waals surface area contributed by atoms with Gasteiger partial charge in [0.1, 0.15) is 6.04 Å². The van der Waals surface area contributed by atoms with Gasteiger partial charge >= 0.3 is 6.18 Å². The van der Waals surface area contributed by atoms with E-state index in [0.717, 1.165) is 11.0 Å². The van der Waals surface area contributed by atoms with Crippen molar-refractivity contribution in [3.05, 3.63) is 29.3 Å². The monoisotopic (exact) mass is 300 g/mol. The lowest BCUT2D eigenvalue weighted by molar-refractivity contribution is -0.138. The van der Waals surface area contributed by atoms with E-state index in [4.69, 9.17) is 0 Å². The third-order valence-corrected chi connectivity index (χ3v) is 3.49. The highest BCUT2D eigenvalue weighted by atomic mass is 19.4. The molecule has 1 heterocycles. The number of amides is 2. The molecule has 1 aliphatic heterocycles. The van der Waals surface area contributed by atoms with Crippen molar-refractivity contribution in [2.45, 2.75) is 32.5 Å². The summed E-state index contributed by atoms with van der Waals surface area (Å²) in [6, 6.07) is 2.89. The number of alkyl halides is 3. The van der Waals surface area contributed by atoms with Crippen LogP contribution in [0.3, 0.4) is 0 Å². The Morgan fingerprint density at radius 1 is 1.33 bits per heavy atom. The molecule has 1 unspecified atom stereocenters. The van der Waals surface area contributed by atoms with Crippen molar-refractivity contribution in [3.8, 4) is 0 Å². The molecule has 0 bridgehead atoms. The Morgan fingerprint density at radius 2 is 2.00 bits per heavy atom. The number of carbonyl (C=O) groups is 2. The molecule has 1 aromatic rings. The average Bonchev–Trinajstić information content (AvgIpc) is 2.40. The second-order valence-corrected chi connectivity index (χ2v) is 4.90. The van der Waals surface area contributed by atoms with Crippen LogP contribution in [-0.4, -0.2) is 24.4 Å². The molecule has 7 heteroatoms. The molecule has 21 heavy (non-hydrogen) atoms. The third kappa shape index (κ3) is 2.86. The highest BCUT2D eigenvalue weighted by molar-refractivity contribution is 6.06. The maximum absolute atomic E-state index is 13.0. The fourth-order valence-electron chi connectivity index (χ4n) is 2.41. The minimum Gasteiger partial charge on any atom is -0.345 e. The van der Waals surface area contributed by atoms with Gasteiger partial charge < -0.3 is 5.32 Å². The molecular formula is C14H15F3N2O2. The van der Waals surface area contributed by atoms with Gasteiger partial charge in [0.25, 0.3) is 0 Å². The number of aryl methyl sites for hydroxylation is 1. The lowest BCUT2D eigenvalue weighted by Gasteiger charge is -2.34. The zero-order chi connectivity index (χ0) is 15.8. The second kappa shape index (κ2) is 5.38. The summed E-state index contributed by atoms with van der Waals surface area (Å²) in [5.74, 6) is -0.773. The molecule has 0 saturated carbocycles. The van der Waals surface area contributed by atoms with E-state index in [1.165, 1.54) is 19.1 Å². The van der Waals surface area contributed by atoms with E-state index in [1.807, 2.05) is 0 Å². The molecule has 1 aromatic carbocycles. The number of halogens is 3. The van der Waals surface area contributed by atoms with E-state index in [0.29, 0.717) is 6.42 Å². The van der Waals surface area contributed by atoms with Crippen molar-refractivity contribution in [1.82, 2.24) is 5.32 Å². The predicted octanol–water partition coefficient (Wildman–Crippen LogP) is 2.26. The quantitative estimate of drug-likeness (QED) is 0.911. The van der Waals surface area contributed by atoms with Gasteiger partial charge in [0, 0.05) is 5.69 Å². The molecular weight excluding hydrogens is 285 g/mol. The van der Waals surface area contributed by atoms with Crippen molar-refractivity contribution >= 4 is 17.5 Å². The number of nitrogens with zero attached hydrogens (tertiary/aromatic N) is 1. The molecule has 4 nitrogen and oxygen atoms in total. The van der Waals surface area contributed by atoms with Crippen LogP contribution in [0.25, 0.3) is 0 Å². The third-order valence-electron chi connectivity index (χ3n) is 3.49. The van der Waals surface area contributed by atoms with E-state index in [2.05, 4.69) is 5.32 Å². The Morgan fingerprint density at radius 3 is 2.57 bits per heavy atom. The Kier molecular flexibility index (Phi) is 3.93. The molecule has 1 fully saturated rings. The number of benzene rings is 1. The van der Waals surface area contributed by atoms with Crippen molar-refractivity contribution in [2.75, 3.05) is 11.4 Å². The topological polar surface area (TPSA) is 49.4 Å². The standard InChI is InChI=1S/C14H15F3N2O2/c1-3-11-13(21)18-7-12(20)19(11)9-5-4-8(2)10(6-9)14(15,16)17/h4-6,11H,3,7H2,1-2H3,(H,18,21). The Hall–Kier alpha value is -2.05. The smallest absolute Gasteiger partial charge is 0.345 e. The zero-order valence-corrected chi connectivity index (χ0v) is 11.6. The Bertz CT molecular complexity index is 584. The van der Waals surface area contributed by atoms with E-state index in [1.54, 1.807) is 6.92 Å². The van der Waals surface area contributed by atoms with Crippen molar-refractivity contribution in [2.24, 2.45) is 0 Å². The minimum atomic E-state index is -4.50. The van der Waals surface area contributed by atoms with Crippen molar-refractivity contribution in [1.29, 1.82) is 0 Å². The first kappa shape index (κ1) is 15.3. The van der Waals surface area contributed by atoms with Crippen LogP contribution in [0, 0.1) is 6.92 Å². The van der Waals surface area contributed by atoms with Gasteiger partial charge in [-0.3, -0.25) is 14.5 Å². The van der Waals surface area contributed by atoms with Crippen LogP contribution < -0.4 is 10.2 Å². The predicted molar refractivity (Wildman–Crippen MR) is 70.8 cm³/mol. The highest BCUT2D eigenvalue weighted by Crippen LogP contribution is 2.35. The molecule has 1 atom stereocenters. The van der Waals surface area contributed by atoms with Gasteiger partial charge in [0.05, 0.1) is 12.1 Å². The summed E-state index contributed by atoms with van der Waals surface area (Å²) in [5.41, 5.74) is -0.624. The van der Waals surface area contributed by atoms with Crippen LogP contribution in [0.15, 0.2) is 18.2 Å². The normalized spacial score (nSPS) is 19.7. The number of anilines is 1. The van der Waals surface area contributed by atoms with Gasteiger partial charge in [0.15, 0.2) is 0 Å². The largest absolute Gasteiger partial charge is 0.416 e. The molecule has 114 valence electrons. The Labute approximate surface area is 119 Å². The maximum atomic E-state index is 13.0. The average molecular weight is 300 g/mol. The SMILES string of the molecule is CCC1C(=O)NCC(=O)N1c1ccc(C)c(C(F)(F)F)c1. The summed E-state index contributed by atoms with van der Waals surface area (Å²) >= 11 is 0. The second-order valence-electron chi connectivity index (χ2n) is 4.90. The summed E-state index contributed by atoms with van der Waals surface area (Å²) in [4.78, 5) is 24.9. The summed E-state index contributed by atoms with van der Waals surface area (Å²) in [6.45, 7) is 2.86. The van der Waals surface area contributed by atoms with E-state index < -0.39 is 23.7 Å². The van der Waals surface area contributed by atoms with E-state index in [9.17, 15) is 22.8 Å². The summed E-state index contributed by atoms with van der Waals surface area (Å²) < 4.78 is 38.9. The molecule has 1 N–H and O–H groups in total. The number of nitrogens with one attached hydrogen (secondary N) is 1.